The van der Waals surface area contributed by atoms with Crippen molar-refractivity contribution in [2.75, 3.05) is 6.54 Å². The van der Waals surface area contributed by atoms with Crippen molar-refractivity contribution in [1.82, 2.24) is 4.90 Å². The molecule has 2 atom stereocenters. The van der Waals surface area contributed by atoms with Crippen molar-refractivity contribution in [2.24, 2.45) is 11.8 Å². The lowest BCUT2D eigenvalue weighted by atomic mass is 9.93. The first-order valence-electron chi connectivity index (χ1n) is 6.79. The Labute approximate surface area is 127 Å². The van der Waals surface area contributed by atoms with Crippen LogP contribution < -0.4 is 0 Å². The van der Waals surface area contributed by atoms with Crippen LogP contribution in [0.5, 0.6) is 0 Å². The number of carboxylic acid groups (broad SMARTS) is 1. The van der Waals surface area contributed by atoms with E-state index in [4.69, 9.17) is 11.6 Å². The third-order valence-electron chi connectivity index (χ3n) is 3.61. The van der Waals surface area contributed by atoms with Crippen molar-refractivity contribution >= 4 is 23.5 Å². The molecule has 1 aliphatic rings. The SMILES string of the molecule is CC(C)CN1C(=O)CC(C(=O)O)C1c1cccc(Cl)c1F. The highest BCUT2D eigenvalue weighted by atomic mass is 35.5. The van der Waals surface area contributed by atoms with Crippen LogP contribution in [0.2, 0.25) is 5.02 Å². The molecule has 1 aromatic rings. The van der Waals surface area contributed by atoms with Gasteiger partial charge >= 0.3 is 5.97 Å². The second kappa shape index (κ2) is 6.02. The average molecular weight is 314 g/mol. The summed E-state index contributed by atoms with van der Waals surface area (Å²) in [5.41, 5.74) is 0.168. The maximum atomic E-state index is 14.3. The van der Waals surface area contributed by atoms with E-state index in [2.05, 4.69) is 0 Å². The molecule has 0 bridgehead atoms. The third kappa shape index (κ3) is 3.02. The fourth-order valence-corrected chi connectivity index (χ4v) is 2.94. The molecule has 1 saturated heterocycles. The summed E-state index contributed by atoms with van der Waals surface area (Å²) in [5.74, 6) is -2.81. The highest BCUT2D eigenvalue weighted by Crippen LogP contribution is 2.40. The zero-order chi connectivity index (χ0) is 15.7. The van der Waals surface area contributed by atoms with Gasteiger partial charge in [0.15, 0.2) is 0 Å². The van der Waals surface area contributed by atoms with Crippen molar-refractivity contribution < 1.29 is 19.1 Å². The summed E-state index contributed by atoms with van der Waals surface area (Å²) in [6, 6.07) is 3.65. The number of hydrogen-bond acceptors (Lipinski definition) is 2. The van der Waals surface area contributed by atoms with Crippen molar-refractivity contribution in [1.29, 1.82) is 0 Å². The van der Waals surface area contributed by atoms with Gasteiger partial charge in [0.05, 0.1) is 17.0 Å². The molecular weight excluding hydrogens is 297 g/mol. The largest absolute Gasteiger partial charge is 0.481 e. The maximum absolute atomic E-state index is 14.3. The zero-order valence-electron chi connectivity index (χ0n) is 11.8. The van der Waals surface area contributed by atoms with Gasteiger partial charge in [-0.1, -0.05) is 37.6 Å². The van der Waals surface area contributed by atoms with Gasteiger partial charge in [-0.25, -0.2) is 4.39 Å². The quantitative estimate of drug-likeness (QED) is 0.929. The molecule has 0 spiro atoms. The summed E-state index contributed by atoms with van der Waals surface area (Å²) >= 11 is 5.78. The van der Waals surface area contributed by atoms with Gasteiger partial charge in [-0.05, 0) is 12.0 Å². The van der Waals surface area contributed by atoms with Crippen LogP contribution in [0.1, 0.15) is 31.9 Å². The van der Waals surface area contributed by atoms with E-state index >= 15 is 0 Å². The molecule has 0 aliphatic carbocycles. The number of likely N-dealkylation sites (tertiary alicyclic amines) is 1. The highest BCUT2D eigenvalue weighted by molar-refractivity contribution is 6.30. The topological polar surface area (TPSA) is 57.6 Å². The highest BCUT2D eigenvalue weighted by Gasteiger charge is 2.45. The van der Waals surface area contributed by atoms with Crippen LogP contribution in [0.4, 0.5) is 4.39 Å². The molecule has 6 heteroatoms. The van der Waals surface area contributed by atoms with E-state index in [1.807, 2.05) is 13.8 Å². The molecule has 0 radical (unpaired) electrons. The van der Waals surface area contributed by atoms with Crippen molar-refractivity contribution in [3.8, 4) is 0 Å². The van der Waals surface area contributed by atoms with Crippen molar-refractivity contribution in [3.63, 3.8) is 0 Å². The smallest absolute Gasteiger partial charge is 0.309 e. The average Bonchev–Trinajstić information content (AvgIpc) is 2.70. The molecule has 1 amide bonds. The molecule has 1 N–H and O–H groups in total. The van der Waals surface area contributed by atoms with E-state index in [1.165, 1.54) is 17.0 Å². The number of rotatable bonds is 4. The predicted molar refractivity (Wildman–Crippen MR) is 76.4 cm³/mol. The molecule has 2 unspecified atom stereocenters. The third-order valence-corrected chi connectivity index (χ3v) is 3.90. The first-order chi connectivity index (χ1) is 9.82. The van der Waals surface area contributed by atoms with E-state index in [-0.39, 0.29) is 28.8 Å². The van der Waals surface area contributed by atoms with Gasteiger partial charge in [0, 0.05) is 18.5 Å². The Morgan fingerprint density at radius 3 is 2.76 bits per heavy atom. The van der Waals surface area contributed by atoms with Gasteiger partial charge in [-0.15, -0.1) is 0 Å². The number of amides is 1. The van der Waals surface area contributed by atoms with Crippen LogP contribution in [0, 0.1) is 17.7 Å². The number of carbonyl (C=O) groups is 2. The number of carboxylic acids is 1. The van der Waals surface area contributed by atoms with Crippen LogP contribution in [0.3, 0.4) is 0 Å². The lowest BCUT2D eigenvalue weighted by Gasteiger charge is -2.29. The number of halogens is 2. The summed E-state index contributed by atoms with van der Waals surface area (Å²) in [7, 11) is 0. The molecule has 2 rings (SSSR count). The van der Waals surface area contributed by atoms with E-state index in [1.54, 1.807) is 6.07 Å². The number of aliphatic carboxylic acids is 1. The second-order valence-corrected chi connectivity index (χ2v) is 6.08. The summed E-state index contributed by atoms with van der Waals surface area (Å²) < 4.78 is 14.3. The second-order valence-electron chi connectivity index (χ2n) is 5.68. The van der Waals surface area contributed by atoms with Crippen LogP contribution in [-0.4, -0.2) is 28.4 Å². The number of hydrogen-bond donors (Lipinski definition) is 1. The summed E-state index contributed by atoms with van der Waals surface area (Å²) in [4.78, 5) is 25.0. The van der Waals surface area contributed by atoms with E-state index < -0.39 is 23.7 Å². The van der Waals surface area contributed by atoms with E-state index in [0.29, 0.717) is 6.54 Å². The van der Waals surface area contributed by atoms with Gasteiger partial charge < -0.3 is 10.0 Å². The molecular formula is C15H17ClFNO3. The molecule has 0 aromatic heterocycles. The number of carbonyl (C=O) groups excluding carboxylic acids is 1. The van der Waals surface area contributed by atoms with Gasteiger partial charge in [0.25, 0.3) is 0 Å². The molecule has 4 nitrogen and oxygen atoms in total. The standard InChI is InChI=1S/C15H17ClFNO3/c1-8(2)7-18-12(19)6-10(15(20)21)14(18)9-4-3-5-11(16)13(9)17/h3-5,8,10,14H,6-7H2,1-2H3,(H,20,21). The van der Waals surface area contributed by atoms with Crippen LogP contribution in [0.25, 0.3) is 0 Å². The fourth-order valence-electron chi connectivity index (χ4n) is 2.75. The Bertz CT molecular complexity index is 576. The molecule has 1 aliphatic heterocycles. The normalized spacial score (nSPS) is 22.1. The van der Waals surface area contributed by atoms with Gasteiger partial charge in [0.2, 0.25) is 5.91 Å². The minimum atomic E-state index is -1.10. The van der Waals surface area contributed by atoms with E-state index in [9.17, 15) is 19.1 Å². The Morgan fingerprint density at radius 2 is 2.19 bits per heavy atom. The van der Waals surface area contributed by atoms with E-state index in [0.717, 1.165) is 0 Å². The lowest BCUT2D eigenvalue weighted by molar-refractivity contribution is -0.142. The predicted octanol–water partition coefficient (Wildman–Crippen LogP) is 3.11. The van der Waals surface area contributed by atoms with Crippen LogP contribution in [-0.2, 0) is 9.59 Å². The zero-order valence-corrected chi connectivity index (χ0v) is 12.6. The monoisotopic (exact) mass is 313 g/mol. The molecule has 0 saturated carbocycles. The summed E-state index contributed by atoms with van der Waals surface area (Å²) in [6.07, 6.45) is -0.112. The fraction of sp³-hybridized carbons (Fsp3) is 0.467. The summed E-state index contributed by atoms with van der Waals surface area (Å²) in [5, 5.41) is 9.27. The van der Waals surface area contributed by atoms with Crippen molar-refractivity contribution in [2.45, 2.75) is 26.3 Å². The molecule has 114 valence electrons. The van der Waals surface area contributed by atoms with Gasteiger partial charge in [-0.2, -0.15) is 0 Å². The summed E-state index contributed by atoms with van der Waals surface area (Å²) in [6.45, 7) is 4.23. The minimum Gasteiger partial charge on any atom is -0.481 e. The Balaban J connectivity index is 2.49. The molecule has 1 fully saturated rings. The minimum absolute atomic E-state index is 0.0690. The Morgan fingerprint density at radius 1 is 1.52 bits per heavy atom. The number of benzene rings is 1. The first-order valence-corrected chi connectivity index (χ1v) is 7.17. The van der Waals surface area contributed by atoms with Gasteiger partial charge in [-0.3, -0.25) is 9.59 Å². The van der Waals surface area contributed by atoms with Crippen LogP contribution in [0.15, 0.2) is 18.2 Å². The van der Waals surface area contributed by atoms with Crippen molar-refractivity contribution in [3.05, 3.63) is 34.6 Å². The molecule has 1 aromatic carbocycles. The van der Waals surface area contributed by atoms with Gasteiger partial charge in [0.1, 0.15) is 5.82 Å². The lowest BCUT2D eigenvalue weighted by Crippen LogP contribution is -2.34. The Hall–Kier alpha value is -1.62. The van der Waals surface area contributed by atoms with Crippen LogP contribution >= 0.6 is 11.6 Å². The molecule has 21 heavy (non-hydrogen) atoms. The Kier molecular flexibility index (Phi) is 4.52. The first kappa shape index (κ1) is 15.8. The maximum Gasteiger partial charge on any atom is 0.309 e. The molecule has 1 heterocycles. The number of nitrogens with zero attached hydrogens (tertiary/aromatic N) is 1.